The van der Waals surface area contributed by atoms with Gasteiger partial charge in [0, 0.05) is 12.6 Å². The number of carbonyl (C=O) groups is 2. The summed E-state index contributed by atoms with van der Waals surface area (Å²) in [7, 11) is 1.35. The van der Waals surface area contributed by atoms with Crippen molar-refractivity contribution in [2.75, 3.05) is 13.7 Å². The summed E-state index contributed by atoms with van der Waals surface area (Å²) in [5.41, 5.74) is 6.67. The number of nitrogens with two attached hydrogens (primary N) is 1. The average molecular weight is 264 g/mol. The molecule has 0 aliphatic rings. The minimum Gasteiger partial charge on any atom is -0.465 e. The molecule has 104 valence electrons. The van der Waals surface area contributed by atoms with Gasteiger partial charge in [0.05, 0.1) is 19.2 Å². The first-order valence-electron chi connectivity index (χ1n) is 6.13. The zero-order chi connectivity index (χ0) is 14.4. The molecule has 0 aliphatic carbocycles. The van der Waals surface area contributed by atoms with Crippen molar-refractivity contribution in [3.63, 3.8) is 0 Å². The van der Waals surface area contributed by atoms with Crippen LogP contribution in [0.5, 0.6) is 0 Å². The number of hydrogen-bond donors (Lipinski definition) is 1. The van der Waals surface area contributed by atoms with Gasteiger partial charge in [0.25, 0.3) is 0 Å². The van der Waals surface area contributed by atoms with Gasteiger partial charge in [0.2, 0.25) is 5.91 Å². The van der Waals surface area contributed by atoms with E-state index in [1.54, 1.807) is 18.2 Å². The number of methoxy groups -OCH3 is 1. The van der Waals surface area contributed by atoms with Crippen LogP contribution in [0.25, 0.3) is 0 Å². The molecule has 2 N–H and O–H groups in total. The second-order valence-electron chi connectivity index (χ2n) is 4.66. The van der Waals surface area contributed by atoms with E-state index in [-0.39, 0.29) is 24.5 Å². The van der Waals surface area contributed by atoms with E-state index in [0.717, 1.165) is 5.56 Å². The molecule has 1 amide bonds. The van der Waals surface area contributed by atoms with Gasteiger partial charge in [-0.05, 0) is 31.5 Å². The number of nitrogens with zero attached hydrogens (tertiary/aromatic N) is 1. The molecule has 0 heterocycles. The van der Waals surface area contributed by atoms with Gasteiger partial charge in [-0.1, -0.05) is 12.1 Å². The van der Waals surface area contributed by atoms with Crippen molar-refractivity contribution in [1.82, 2.24) is 4.90 Å². The molecule has 0 saturated carbocycles. The lowest BCUT2D eigenvalue weighted by atomic mass is 10.1. The van der Waals surface area contributed by atoms with Crippen LogP contribution in [0, 0.1) is 0 Å². The minimum atomic E-state index is -0.368. The van der Waals surface area contributed by atoms with E-state index in [2.05, 4.69) is 4.74 Å². The monoisotopic (exact) mass is 264 g/mol. The van der Waals surface area contributed by atoms with Crippen LogP contribution in [0.15, 0.2) is 24.3 Å². The van der Waals surface area contributed by atoms with Crippen LogP contribution in [0.1, 0.15) is 29.8 Å². The summed E-state index contributed by atoms with van der Waals surface area (Å²) in [5, 5.41) is 0. The molecule has 0 saturated heterocycles. The Morgan fingerprint density at radius 3 is 2.58 bits per heavy atom. The van der Waals surface area contributed by atoms with E-state index in [1.165, 1.54) is 7.11 Å². The number of primary amides is 1. The molecule has 1 aromatic rings. The van der Waals surface area contributed by atoms with Gasteiger partial charge in [0.15, 0.2) is 0 Å². The summed E-state index contributed by atoms with van der Waals surface area (Å²) in [6.45, 7) is 4.74. The van der Waals surface area contributed by atoms with Crippen molar-refractivity contribution in [1.29, 1.82) is 0 Å². The predicted octanol–water partition coefficient (Wildman–Crippen LogP) is 1.17. The number of rotatable bonds is 6. The second-order valence-corrected chi connectivity index (χ2v) is 4.66. The molecule has 0 fully saturated rings. The summed E-state index contributed by atoms with van der Waals surface area (Å²) in [4.78, 5) is 24.4. The van der Waals surface area contributed by atoms with E-state index in [0.29, 0.717) is 12.1 Å². The van der Waals surface area contributed by atoms with Crippen LogP contribution in [0.4, 0.5) is 0 Å². The first-order chi connectivity index (χ1) is 8.93. The lowest BCUT2D eigenvalue weighted by Gasteiger charge is -2.25. The molecule has 5 heteroatoms. The van der Waals surface area contributed by atoms with Crippen molar-refractivity contribution in [3.05, 3.63) is 35.4 Å². The lowest BCUT2D eigenvalue weighted by molar-refractivity contribution is -0.119. The zero-order valence-electron chi connectivity index (χ0n) is 11.6. The summed E-state index contributed by atoms with van der Waals surface area (Å²) in [6.07, 6.45) is 0. The Hall–Kier alpha value is -1.88. The van der Waals surface area contributed by atoms with Crippen LogP contribution in [-0.2, 0) is 16.1 Å². The zero-order valence-corrected chi connectivity index (χ0v) is 11.6. The third kappa shape index (κ3) is 4.71. The van der Waals surface area contributed by atoms with E-state index < -0.39 is 0 Å². The molecular formula is C14H20N2O3. The normalized spacial score (nSPS) is 10.8. The van der Waals surface area contributed by atoms with Crippen LogP contribution < -0.4 is 5.73 Å². The highest BCUT2D eigenvalue weighted by atomic mass is 16.5. The molecule has 0 atom stereocenters. The Kier molecular flexibility index (Phi) is 5.51. The Balaban J connectivity index is 2.84. The third-order valence-electron chi connectivity index (χ3n) is 2.82. The van der Waals surface area contributed by atoms with E-state index in [9.17, 15) is 9.59 Å². The smallest absolute Gasteiger partial charge is 0.337 e. The molecule has 0 bridgehead atoms. The van der Waals surface area contributed by atoms with Gasteiger partial charge >= 0.3 is 5.97 Å². The molecule has 5 nitrogen and oxygen atoms in total. The van der Waals surface area contributed by atoms with Gasteiger partial charge in [-0.2, -0.15) is 0 Å². The van der Waals surface area contributed by atoms with Crippen LogP contribution in [-0.4, -0.2) is 36.5 Å². The third-order valence-corrected chi connectivity index (χ3v) is 2.82. The molecular weight excluding hydrogens is 244 g/mol. The van der Waals surface area contributed by atoms with Crippen LogP contribution >= 0.6 is 0 Å². The van der Waals surface area contributed by atoms with Crippen molar-refractivity contribution in [3.8, 4) is 0 Å². The maximum Gasteiger partial charge on any atom is 0.337 e. The second kappa shape index (κ2) is 6.89. The molecule has 1 aromatic carbocycles. The number of amides is 1. The van der Waals surface area contributed by atoms with Crippen molar-refractivity contribution in [2.24, 2.45) is 5.73 Å². The van der Waals surface area contributed by atoms with E-state index in [4.69, 9.17) is 5.73 Å². The summed E-state index contributed by atoms with van der Waals surface area (Å²) in [5.74, 6) is -0.731. The van der Waals surface area contributed by atoms with E-state index >= 15 is 0 Å². The van der Waals surface area contributed by atoms with Gasteiger partial charge in [-0.3, -0.25) is 9.69 Å². The highest BCUT2D eigenvalue weighted by Gasteiger charge is 2.14. The Morgan fingerprint density at radius 2 is 2.05 bits per heavy atom. The summed E-state index contributed by atoms with van der Waals surface area (Å²) >= 11 is 0. The molecule has 0 radical (unpaired) electrons. The molecule has 1 rings (SSSR count). The topological polar surface area (TPSA) is 72.6 Å². The number of ether oxygens (including phenoxy) is 1. The molecule has 0 unspecified atom stereocenters. The molecule has 0 spiro atoms. The molecule has 0 aliphatic heterocycles. The fraction of sp³-hybridized carbons (Fsp3) is 0.429. The van der Waals surface area contributed by atoms with E-state index in [1.807, 2.05) is 24.8 Å². The fourth-order valence-electron chi connectivity index (χ4n) is 1.77. The Labute approximate surface area is 113 Å². The van der Waals surface area contributed by atoms with Gasteiger partial charge in [-0.15, -0.1) is 0 Å². The largest absolute Gasteiger partial charge is 0.465 e. The van der Waals surface area contributed by atoms with Gasteiger partial charge in [-0.25, -0.2) is 4.79 Å². The van der Waals surface area contributed by atoms with Gasteiger partial charge in [0.1, 0.15) is 0 Å². The quantitative estimate of drug-likeness (QED) is 0.783. The molecule has 19 heavy (non-hydrogen) atoms. The van der Waals surface area contributed by atoms with Crippen molar-refractivity contribution >= 4 is 11.9 Å². The van der Waals surface area contributed by atoms with Crippen LogP contribution in [0.2, 0.25) is 0 Å². The fourth-order valence-corrected chi connectivity index (χ4v) is 1.77. The Bertz CT molecular complexity index is 458. The maximum absolute atomic E-state index is 11.5. The first-order valence-corrected chi connectivity index (χ1v) is 6.13. The maximum atomic E-state index is 11.5. The first kappa shape index (κ1) is 15.2. The minimum absolute atomic E-state index is 0.189. The van der Waals surface area contributed by atoms with Crippen molar-refractivity contribution in [2.45, 2.75) is 26.4 Å². The summed E-state index contributed by atoms with van der Waals surface area (Å²) in [6, 6.07) is 7.35. The van der Waals surface area contributed by atoms with Crippen molar-refractivity contribution < 1.29 is 14.3 Å². The lowest BCUT2D eigenvalue weighted by Crippen LogP contribution is -2.38. The highest BCUT2D eigenvalue weighted by molar-refractivity contribution is 5.89. The number of benzene rings is 1. The number of esters is 1. The number of hydrogen-bond acceptors (Lipinski definition) is 4. The Morgan fingerprint density at radius 1 is 1.37 bits per heavy atom. The van der Waals surface area contributed by atoms with Gasteiger partial charge < -0.3 is 10.5 Å². The summed E-state index contributed by atoms with van der Waals surface area (Å²) < 4.78 is 4.68. The predicted molar refractivity (Wildman–Crippen MR) is 72.5 cm³/mol. The molecule has 0 aromatic heterocycles. The number of carbonyl (C=O) groups excluding carboxylic acids is 2. The highest BCUT2D eigenvalue weighted by Crippen LogP contribution is 2.11. The SMILES string of the molecule is COC(=O)c1cccc(CN(CC(N)=O)C(C)C)c1. The average Bonchev–Trinajstić information content (AvgIpc) is 2.36. The standard InChI is InChI=1S/C14H20N2O3/c1-10(2)16(9-13(15)17)8-11-5-4-6-12(7-11)14(18)19-3/h4-7,10H,8-9H2,1-3H3,(H2,15,17). The van der Waals surface area contributed by atoms with Crippen LogP contribution in [0.3, 0.4) is 0 Å².